The third-order valence-corrected chi connectivity index (χ3v) is 7.44. The summed E-state index contributed by atoms with van der Waals surface area (Å²) in [5.41, 5.74) is 0.555. The topological polar surface area (TPSA) is 129 Å². The maximum Gasteiger partial charge on any atom is 0.475 e. The van der Waals surface area contributed by atoms with Crippen LogP contribution in [0.2, 0.25) is 0 Å². The molecule has 202 valence electrons. The van der Waals surface area contributed by atoms with E-state index in [9.17, 15) is 24.9 Å². The van der Waals surface area contributed by atoms with E-state index in [0.29, 0.717) is 25.8 Å². The van der Waals surface area contributed by atoms with Crippen molar-refractivity contribution in [1.82, 2.24) is 20.0 Å². The van der Waals surface area contributed by atoms with Crippen LogP contribution in [0.5, 0.6) is 0 Å². The number of rotatable bonds is 9. The fourth-order valence-corrected chi connectivity index (χ4v) is 5.12. The Morgan fingerprint density at radius 2 is 1.86 bits per heavy atom. The highest BCUT2D eigenvalue weighted by molar-refractivity contribution is 6.43. The molecule has 1 aromatic carbocycles. The molecule has 3 rings (SSSR count). The summed E-state index contributed by atoms with van der Waals surface area (Å²) in [6.45, 7) is 8.62. The Morgan fingerprint density at radius 1 is 1.19 bits per heavy atom. The highest BCUT2D eigenvalue weighted by Gasteiger charge is 2.37. The molecule has 0 aliphatic carbocycles. The van der Waals surface area contributed by atoms with Gasteiger partial charge in [0.05, 0.1) is 18.6 Å². The number of amides is 2. The number of benzene rings is 1. The van der Waals surface area contributed by atoms with Crippen molar-refractivity contribution >= 4 is 19.1 Å². The molecule has 0 spiro atoms. The van der Waals surface area contributed by atoms with E-state index in [4.69, 9.17) is 4.74 Å². The van der Waals surface area contributed by atoms with Gasteiger partial charge in [0.2, 0.25) is 5.91 Å². The van der Waals surface area contributed by atoms with Crippen molar-refractivity contribution in [2.45, 2.75) is 57.1 Å². The Kier molecular flexibility index (Phi) is 10.3. The normalized spacial score (nSPS) is 21.0. The van der Waals surface area contributed by atoms with Crippen LogP contribution < -0.4 is 5.32 Å². The molecule has 37 heavy (non-hydrogen) atoms. The summed E-state index contributed by atoms with van der Waals surface area (Å²) in [5.74, 6) is -1.94. The minimum atomic E-state index is -1.75. The monoisotopic (exact) mass is 513 g/mol. The zero-order chi connectivity index (χ0) is 27.0. The maximum absolute atomic E-state index is 13.3. The van der Waals surface area contributed by atoms with Crippen LogP contribution in [0.1, 0.15) is 38.7 Å². The van der Waals surface area contributed by atoms with Gasteiger partial charge in [-0.3, -0.25) is 9.69 Å². The molecule has 2 aliphatic heterocycles. The number of piperazine rings is 1. The molecular weight excluding hydrogens is 473 g/mol. The van der Waals surface area contributed by atoms with Gasteiger partial charge in [-0.05, 0) is 52.1 Å². The second-order valence-electron chi connectivity index (χ2n) is 10.8. The first-order chi connectivity index (χ1) is 17.6. The standard InChI is InChI=1S/C26H40BN5O5/c1-26(2,32-14-12-30(3)13-15-32)17-21(18-28)24(33)31-11-7-10-22(19-31)37-25(34)29-23(27(35)36)16-20-8-5-4-6-9-20/h4-6,8-9,21-23,35-36H,7,10-17,19H2,1-3H3,(H,29,34)/t21?,22-,23-/m0/s1. The first kappa shape index (κ1) is 28.9. The van der Waals surface area contributed by atoms with Crippen molar-refractivity contribution < 1.29 is 24.4 Å². The number of carbonyl (C=O) groups excluding carboxylic acids is 2. The molecule has 2 saturated heterocycles. The highest BCUT2D eigenvalue weighted by Crippen LogP contribution is 2.27. The molecule has 3 atom stereocenters. The number of carbonyl (C=O) groups is 2. The molecule has 0 saturated carbocycles. The van der Waals surface area contributed by atoms with Crippen LogP contribution in [0.15, 0.2) is 30.3 Å². The van der Waals surface area contributed by atoms with Crippen LogP contribution in [0.3, 0.4) is 0 Å². The number of alkyl carbamates (subject to hydrolysis) is 1. The van der Waals surface area contributed by atoms with Crippen LogP contribution in [0.25, 0.3) is 0 Å². The van der Waals surface area contributed by atoms with Crippen LogP contribution in [-0.2, 0) is 16.0 Å². The van der Waals surface area contributed by atoms with E-state index in [1.54, 1.807) is 4.90 Å². The lowest BCUT2D eigenvalue weighted by Gasteiger charge is -2.44. The predicted octanol–water partition coefficient (Wildman–Crippen LogP) is 0.883. The van der Waals surface area contributed by atoms with Crippen molar-refractivity contribution in [1.29, 1.82) is 5.26 Å². The lowest BCUT2D eigenvalue weighted by Crippen LogP contribution is -2.55. The molecule has 11 heteroatoms. The Labute approximate surface area is 220 Å². The van der Waals surface area contributed by atoms with E-state index in [2.05, 4.69) is 42.1 Å². The van der Waals surface area contributed by atoms with E-state index < -0.39 is 31.2 Å². The summed E-state index contributed by atoms with van der Waals surface area (Å²) in [7, 11) is 0.341. The molecule has 1 aromatic rings. The van der Waals surface area contributed by atoms with Crippen molar-refractivity contribution in [3.05, 3.63) is 35.9 Å². The third-order valence-electron chi connectivity index (χ3n) is 7.44. The van der Waals surface area contributed by atoms with Crippen LogP contribution in [0.4, 0.5) is 4.79 Å². The van der Waals surface area contributed by atoms with Crippen molar-refractivity contribution in [3.63, 3.8) is 0 Å². The van der Waals surface area contributed by atoms with Crippen molar-refractivity contribution in [2.24, 2.45) is 5.92 Å². The summed E-state index contributed by atoms with van der Waals surface area (Å²) in [6.07, 6.45) is 0.614. The summed E-state index contributed by atoms with van der Waals surface area (Å²) >= 11 is 0. The molecule has 3 N–H and O–H groups in total. The van der Waals surface area contributed by atoms with E-state index >= 15 is 0 Å². The number of nitrogens with zero attached hydrogens (tertiary/aromatic N) is 4. The Balaban J connectivity index is 1.54. The minimum Gasteiger partial charge on any atom is -0.444 e. The van der Waals surface area contributed by atoms with Gasteiger partial charge in [0, 0.05) is 38.3 Å². The van der Waals surface area contributed by atoms with Gasteiger partial charge in [0.25, 0.3) is 0 Å². The number of likely N-dealkylation sites (N-methyl/N-ethyl adjacent to an activating group) is 1. The zero-order valence-corrected chi connectivity index (χ0v) is 22.2. The molecule has 2 amide bonds. The summed E-state index contributed by atoms with van der Waals surface area (Å²) in [4.78, 5) is 32.1. The Hall–Kier alpha value is -2.65. The molecule has 0 radical (unpaired) electrons. The summed E-state index contributed by atoms with van der Waals surface area (Å²) in [6, 6.07) is 11.4. The first-order valence-corrected chi connectivity index (χ1v) is 13.1. The average Bonchev–Trinajstić information content (AvgIpc) is 2.87. The lowest BCUT2D eigenvalue weighted by molar-refractivity contribution is -0.138. The van der Waals surface area contributed by atoms with E-state index in [1.807, 2.05) is 30.3 Å². The van der Waals surface area contributed by atoms with E-state index in [0.717, 1.165) is 31.7 Å². The predicted molar refractivity (Wildman–Crippen MR) is 140 cm³/mol. The van der Waals surface area contributed by atoms with Gasteiger partial charge in [-0.1, -0.05) is 30.3 Å². The second kappa shape index (κ2) is 13.2. The molecule has 0 bridgehead atoms. The fraction of sp³-hybridized carbons (Fsp3) is 0.654. The first-order valence-electron chi connectivity index (χ1n) is 13.1. The quantitative estimate of drug-likeness (QED) is 0.415. The number of hydrogen-bond acceptors (Lipinski definition) is 8. The number of piperidine rings is 1. The van der Waals surface area contributed by atoms with Gasteiger partial charge in [0.1, 0.15) is 12.0 Å². The van der Waals surface area contributed by atoms with Crippen LogP contribution in [0, 0.1) is 17.2 Å². The third kappa shape index (κ3) is 8.43. The van der Waals surface area contributed by atoms with E-state index in [-0.39, 0.29) is 24.4 Å². The number of nitrogens with one attached hydrogen (secondary N) is 1. The Bertz CT molecular complexity index is 933. The van der Waals surface area contributed by atoms with Gasteiger partial charge >= 0.3 is 13.2 Å². The number of ether oxygens (including phenoxy) is 1. The van der Waals surface area contributed by atoms with Gasteiger partial charge in [-0.15, -0.1) is 0 Å². The SMILES string of the molecule is CN1CCN(C(C)(C)CC(C#N)C(=O)N2CCC[C@H](OC(=O)N[C@@H](Cc3ccccc3)B(O)O)C2)CC1. The molecule has 0 aromatic heterocycles. The van der Waals surface area contributed by atoms with Crippen molar-refractivity contribution in [2.75, 3.05) is 46.3 Å². The fourth-order valence-electron chi connectivity index (χ4n) is 5.12. The molecule has 10 nitrogen and oxygen atoms in total. The smallest absolute Gasteiger partial charge is 0.444 e. The average molecular weight is 513 g/mol. The van der Waals surface area contributed by atoms with Gasteiger partial charge < -0.3 is 29.9 Å². The maximum atomic E-state index is 13.3. The molecule has 2 heterocycles. The van der Waals surface area contributed by atoms with Gasteiger partial charge in [-0.2, -0.15) is 5.26 Å². The number of likely N-dealkylation sites (tertiary alicyclic amines) is 1. The number of hydrogen-bond donors (Lipinski definition) is 3. The zero-order valence-electron chi connectivity index (χ0n) is 22.2. The molecule has 2 aliphatic rings. The van der Waals surface area contributed by atoms with Crippen molar-refractivity contribution in [3.8, 4) is 6.07 Å². The van der Waals surface area contributed by atoms with Crippen LogP contribution in [-0.4, -0.2) is 108 Å². The van der Waals surface area contributed by atoms with Gasteiger partial charge in [-0.25, -0.2) is 4.79 Å². The van der Waals surface area contributed by atoms with Gasteiger partial charge in [0.15, 0.2) is 0 Å². The molecule has 1 unspecified atom stereocenters. The number of nitriles is 1. The highest BCUT2D eigenvalue weighted by atomic mass is 16.6. The molecular formula is C26H40BN5O5. The molecule has 2 fully saturated rings. The summed E-state index contributed by atoms with van der Waals surface area (Å²) in [5, 5.41) is 31.8. The largest absolute Gasteiger partial charge is 0.475 e. The van der Waals surface area contributed by atoms with E-state index in [1.165, 1.54) is 0 Å². The minimum absolute atomic E-state index is 0.213. The van der Waals surface area contributed by atoms with Crippen LogP contribution >= 0.6 is 0 Å². The Morgan fingerprint density at radius 3 is 2.49 bits per heavy atom. The lowest BCUT2D eigenvalue weighted by atomic mass is 9.76. The second-order valence-corrected chi connectivity index (χ2v) is 10.8. The summed E-state index contributed by atoms with van der Waals surface area (Å²) < 4.78 is 5.55.